The van der Waals surface area contributed by atoms with E-state index >= 15 is 0 Å². The molecule has 17 heteroatoms. The third-order valence-electron chi connectivity index (χ3n) is 8.58. The average Bonchev–Trinajstić information content (AvgIpc) is 3.11. The second-order valence-corrected chi connectivity index (χ2v) is 13.0. The van der Waals surface area contributed by atoms with Crippen molar-refractivity contribution in [2.24, 2.45) is 0 Å². The summed E-state index contributed by atoms with van der Waals surface area (Å²) in [4.78, 5) is 79.9. The Morgan fingerprint density at radius 2 is 1.31 bits per heavy atom. The Morgan fingerprint density at radius 3 is 1.94 bits per heavy atom. The lowest BCUT2D eigenvalue weighted by Crippen LogP contribution is -2.48. The Kier molecular flexibility index (Phi) is 24.5. The van der Waals surface area contributed by atoms with Crippen LogP contribution in [0.5, 0.6) is 0 Å². The Morgan fingerprint density at radius 1 is 0.731 bits per heavy atom. The van der Waals surface area contributed by atoms with Gasteiger partial charge in [0.05, 0.1) is 19.7 Å². The standard InChI is InChI=1S/C35H64N10O7/c1-2-3-4-5-6-7-8-9-10-11-26-52-35(51)41-18-17-39-32(48)28-44(33(49)29-45-22-12-30(46)42-34(45)50)25-21-40-31(47)27-43-23-19-37-15-13-36-14-16-38-20-24-43/h12,22,36-38H,2-11,13-21,23-29H2,1H3,(H,39,48)(H,40,47)(H,41,51)(H,42,46,50). The van der Waals surface area contributed by atoms with E-state index in [4.69, 9.17) is 4.74 Å². The number of rotatable bonds is 23. The van der Waals surface area contributed by atoms with E-state index in [0.717, 1.165) is 69.2 Å². The molecule has 0 aliphatic carbocycles. The molecule has 0 bridgehead atoms. The van der Waals surface area contributed by atoms with Crippen molar-refractivity contribution >= 4 is 23.8 Å². The van der Waals surface area contributed by atoms with E-state index < -0.39 is 35.7 Å². The maximum atomic E-state index is 13.2. The Balaban J connectivity index is 1.75. The summed E-state index contributed by atoms with van der Waals surface area (Å²) in [5.74, 6) is -1.25. The van der Waals surface area contributed by atoms with Gasteiger partial charge in [-0.05, 0) is 6.42 Å². The number of alkyl carbamates (subject to hydrolysis) is 1. The molecule has 0 atom stereocenters. The van der Waals surface area contributed by atoms with E-state index in [9.17, 15) is 28.8 Å². The van der Waals surface area contributed by atoms with Crippen molar-refractivity contribution in [3.63, 3.8) is 0 Å². The highest BCUT2D eigenvalue weighted by Gasteiger charge is 2.19. The van der Waals surface area contributed by atoms with Gasteiger partial charge in [-0.1, -0.05) is 64.7 Å². The Bertz CT molecular complexity index is 1260. The third-order valence-corrected chi connectivity index (χ3v) is 8.58. The van der Waals surface area contributed by atoms with Crippen LogP contribution in [0.3, 0.4) is 0 Å². The van der Waals surface area contributed by atoms with Crippen LogP contribution >= 0.6 is 0 Å². The number of carbonyl (C=O) groups excluding carboxylic acids is 4. The molecular formula is C35H64N10O7. The minimum atomic E-state index is -0.754. The van der Waals surface area contributed by atoms with Gasteiger partial charge >= 0.3 is 11.8 Å². The first-order valence-electron chi connectivity index (χ1n) is 19.1. The van der Waals surface area contributed by atoms with Crippen LogP contribution in [0.2, 0.25) is 0 Å². The molecule has 1 aromatic heterocycles. The summed E-state index contributed by atoms with van der Waals surface area (Å²) >= 11 is 0. The summed E-state index contributed by atoms with van der Waals surface area (Å²) in [6, 6.07) is 1.13. The summed E-state index contributed by atoms with van der Waals surface area (Å²) in [5.41, 5.74) is -1.35. The van der Waals surface area contributed by atoms with Gasteiger partial charge in [0.2, 0.25) is 17.7 Å². The fraction of sp³-hybridized carbons (Fsp3) is 0.771. The molecule has 0 saturated carbocycles. The molecule has 0 unspecified atom stereocenters. The smallest absolute Gasteiger partial charge is 0.407 e. The minimum Gasteiger partial charge on any atom is -0.450 e. The zero-order chi connectivity index (χ0) is 37.7. The molecule has 1 aromatic rings. The summed E-state index contributed by atoms with van der Waals surface area (Å²) in [7, 11) is 0. The first-order chi connectivity index (χ1) is 25.3. The predicted molar refractivity (Wildman–Crippen MR) is 200 cm³/mol. The average molecular weight is 737 g/mol. The molecular weight excluding hydrogens is 672 g/mol. The van der Waals surface area contributed by atoms with Crippen LogP contribution in [0.4, 0.5) is 4.79 Å². The summed E-state index contributed by atoms with van der Waals surface area (Å²) in [6.07, 6.45) is 12.5. The van der Waals surface area contributed by atoms with Crippen LogP contribution in [-0.4, -0.2) is 141 Å². The summed E-state index contributed by atoms with van der Waals surface area (Å²) in [6.45, 7) is 8.62. The van der Waals surface area contributed by atoms with Crippen molar-refractivity contribution in [1.29, 1.82) is 0 Å². The molecule has 0 aromatic carbocycles. The lowest BCUT2D eigenvalue weighted by molar-refractivity contribution is -0.136. The van der Waals surface area contributed by atoms with Crippen molar-refractivity contribution in [3.8, 4) is 0 Å². The number of carbonyl (C=O) groups is 4. The quantitative estimate of drug-likeness (QED) is 0.0701. The van der Waals surface area contributed by atoms with E-state index in [1.54, 1.807) is 0 Å². The number of H-pyrrole nitrogens is 1. The van der Waals surface area contributed by atoms with Crippen molar-refractivity contribution in [3.05, 3.63) is 33.1 Å². The molecule has 1 aliphatic rings. The first kappa shape index (κ1) is 44.4. The highest BCUT2D eigenvalue weighted by Crippen LogP contribution is 2.10. The normalized spacial score (nSPS) is 14.4. The summed E-state index contributed by atoms with van der Waals surface area (Å²) in [5, 5.41) is 18.2. The number of hydrogen-bond acceptors (Lipinski definition) is 11. The van der Waals surface area contributed by atoms with Gasteiger partial charge in [0.1, 0.15) is 6.54 Å². The third kappa shape index (κ3) is 22.2. The second-order valence-electron chi connectivity index (χ2n) is 13.0. The molecule has 7 N–H and O–H groups in total. The Hall–Kier alpha value is -3.80. The van der Waals surface area contributed by atoms with Crippen molar-refractivity contribution < 1.29 is 23.9 Å². The van der Waals surface area contributed by atoms with Gasteiger partial charge in [0.15, 0.2) is 0 Å². The monoisotopic (exact) mass is 736 g/mol. The van der Waals surface area contributed by atoms with Crippen molar-refractivity contribution in [2.75, 3.05) is 98.2 Å². The van der Waals surface area contributed by atoms with E-state index in [2.05, 4.69) is 43.8 Å². The maximum absolute atomic E-state index is 13.2. The van der Waals surface area contributed by atoms with Gasteiger partial charge in [-0.15, -0.1) is 0 Å². The highest BCUT2D eigenvalue weighted by atomic mass is 16.5. The van der Waals surface area contributed by atoms with Gasteiger partial charge in [-0.2, -0.15) is 0 Å². The summed E-state index contributed by atoms with van der Waals surface area (Å²) < 4.78 is 6.26. The topological polar surface area (TPSA) is 211 Å². The molecule has 1 aliphatic heterocycles. The van der Waals surface area contributed by atoms with Crippen LogP contribution in [0, 0.1) is 0 Å². The van der Waals surface area contributed by atoms with E-state index in [-0.39, 0.29) is 45.2 Å². The predicted octanol–water partition coefficient (Wildman–Crippen LogP) is -0.671. The molecule has 17 nitrogen and oxygen atoms in total. The van der Waals surface area contributed by atoms with Crippen molar-refractivity contribution in [1.82, 2.24) is 51.3 Å². The molecule has 52 heavy (non-hydrogen) atoms. The van der Waals surface area contributed by atoms with E-state index in [1.807, 2.05) is 4.90 Å². The molecule has 2 heterocycles. The fourth-order valence-corrected chi connectivity index (χ4v) is 5.57. The number of hydrogen-bond donors (Lipinski definition) is 7. The highest BCUT2D eigenvalue weighted by molar-refractivity contribution is 5.85. The van der Waals surface area contributed by atoms with Crippen LogP contribution in [0.25, 0.3) is 0 Å². The second kappa shape index (κ2) is 28.7. The van der Waals surface area contributed by atoms with Crippen LogP contribution in [-0.2, 0) is 25.7 Å². The Labute approximate surface area is 307 Å². The van der Waals surface area contributed by atoms with Gasteiger partial charge in [0.25, 0.3) is 5.56 Å². The minimum absolute atomic E-state index is 0.00967. The molecule has 2 rings (SSSR count). The number of nitrogens with zero attached hydrogens (tertiary/aromatic N) is 3. The zero-order valence-electron chi connectivity index (χ0n) is 31.2. The molecule has 296 valence electrons. The number of aromatic nitrogens is 2. The van der Waals surface area contributed by atoms with Crippen LogP contribution in [0.1, 0.15) is 71.1 Å². The lowest BCUT2D eigenvalue weighted by atomic mass is 10.1. The molecule has 0 spiro atoms. The number of nitrogens with one attached hydrogen (secondary N) is 7. The van der Waals surface area contributed by atoms with Gasteiger partial charge in [-0.3, -0.25) is 33.6 Å². The van der Waals surface area contributed by atoms with E-state index in [0.29, 0.717) is 19.7 Å². The van der Waals surface area contributed by atoms with Crippen LogP contribution < -0.4 is 43.1 Å². The van der Waals surface area contributed by atoms with Gasteiger partial charge in [-0.25, -0.2) is 9.59 Å². The fourth-order valence-electron chi connectivity index (χ4n) is 5.57. The molecule has 1 saturated heterocycles. The maximum Gasteiger partial charge on any atom is 0.407 e. The zero-order valence-corrected chi connectivity index (χ0v) is 31.2. The van der Waals surface area contributed by atoms with Crippen molar-refractivity contribution in [2.45, 2.75) is 77.7 Å². The largest absolute Gasteiger partial charge is 0.450 e. The molecule has 0 radical (unpaired) electrons. The number of aromatic amines is 1. The SMILES string of the molecule is CCCCCCCCCCCCOC(=O)NCCNC(=O)CN(CCNC(=O)CN1CCNCCNCCNCC1)C(=O)Cn1ccc(=O)[nH]c1=O. The number of ether oxygens (including phenoxy) is 1. The molecule has 4 amide bonds. The van der Waals surface area contributed by atoms with E-state index in [1.165, 1.54) is 56.0 Å². The number of unbranched alkanes of at least 4 members (excludes halogenated alkanes) is 9. The molecule has 1 fully saturated rings. The van der Waals surface area contributed by atoms with Gasteiger partial charge < -0.3 is 41.5 Å². The van der Waals surface area contributed by atoms with Crippen LogP contribution in [0.15, 0.2) is 21.9 Å². The number of amides is 4. The first-order valence-corrected chi connectivity index (χ1v) is 19.1. The van der Waals surface area contributed by atoms with Gasteiger partial charge in [0, 0.05) is 90.8 Å². The lowest BCUT2D eigenvalue weighted by Gasteiger charge is -2.25.